The Labute approximate surface area is 151 Å². The summed E-state index contributed by atoms with van der Waals surface area (Å²) < 4.78 is 15.7. The molecule has 1 amide bonds. The Kier molecular flexibility index (Phi) is 5.38. The summed E-state index contributed by atoms with van der Waals surface area (Å²) in [7, 11) is 3.17. The van der Waals surface area contributed by atoms with Gasteiger partial charge in [-0.1, -0.05) is 0 Å². The molecule has 0 aliphatic carbocycles. The number of hydrogen-bond acceptors (Lipinski definition) is 6. The fourth-order valence-electron chi connectivity index (χ4n) is 2.35. The number of carbonyl (C=O) groups is 1. The zero-order valence-electron chi connectivity index (χ0n) is 14.5. The second kappa shape index (κ2) is 8.06. The number of ether oxygens (including phenoxy) is 2. The number of nitrogens with zero attached hydrogens (tertiary/aromatic N) is 1. The Bertz CT molecular complexity index is 861. The molecule has 2 N–H and O–H groups in total. The third-order valence-electron chi connectivity index (χ3n) is 3.67. The molecular formula is C19H19N3O4. The molecule has 0 saturated carbocycles. The molecule has 2 heterocycles. The van der Waals surface area contributed by atoms with Crippen molar-refractivity contribution in [3.05, 3.63) is 66.4 Å². The van der Waals surface area contributed by atoms with Gasteiger partial charge in [-0.15, -0.1) is 0 Å². The summed E-state index contributed by atoms with van der Waals surface area (Å²) in [6.45, 7) is 0.319. The fraction of sp³-hybridized carbons (Fsp3) is 0.158. The summed E-state index contributed by atoms with van der Waals surface area (Å²) in [5, 5.41) is 5.96. The van der Waals surface area contributed by atoms with Crippen LogP contribution in [0, 0.1) is 0 Å². The summed E-state index contributed by atoms with van der Waals surface area (Å²) in [5.41, 5.74) is 1.90. The van der Waals surface area contributed by atoms with E-state index in [4.69, 9.17) is 13.9 Å². The van der Waals surface area contributed by atoms with E-state index in [1.165, 1.54) is 0 Å². The number of anilines is 2. The lowest BCUT2D eigenvalue weighted by Crippen LogP contribution is -2.23. The molecular weight excluding hydrogens is 334 g/mol. The third-order valence-corrected chi connectivity index (χ3v) is 3.67. The quantitative estimate of drug-likeness (QED) is 0.677. The van der Waals surface area contributed by atoms with Crippen LogP contribution in [-0.2, 0) is 6.54 Å². The van der Waals surface area contributed by atoms with E-state index < -0.39 is 0 Å². The molecule has 0 bridgehead atoms. The molecule has 0 saturated heterocycles. The van der Waals surface area contributed by atoms with Gasteiger partial charge in [0.15, 0.2) is 11.5 Å². The zero-order valence-corrected chi connectivity index (χ0v) is 14.5. The summed E-state index contributed by atoms with van der Waals surface area (Å²) in [6, 6.07) is 12.5. The first kappa shape index (κ1) is 17.3. The normalized spacial score (nSPS) is 10.2. The Hall–Kier alpha value is -3.48. The van der Waals surface area contributed by atoms with Gasteiger partial charge in [0.25, 0.3) is 5.91 Å². The monoisotopic (exact) mass is 353 g/mol. The largest absolute Gasteiger partial charge is 0.493 e. The topological polar surface area (TPSA) is 85.6 Å². The molecule has 0 spiro atoms. The highest BCUT2D eigenvalue weighted by atomic mass is 16.5. The van der Waals surface area contributed by atoms with Crippen molar-refractivity contribution in [3.63, 3.8) is 0 Å². The summed E-state index contributed by atoms with van der Waals surface area (Å²) >= 11 is 0. The number of carbonyl (C=O) groups excluding carboxylic acids is 1. The molecule has 26 heavy (non-hydrogen) atoms. The number of hydrogen-bond donors (Lipinski definition) is 2. The number of pyridine rings is 1. The summed E-state index contributed by atoms with van der Waals surface area (Å²) in [6.07, 6.45) is 3.16. The Morgan fingerprint density at radius 2 is 1.88 bits per heavy atom. The maximum Gasteiger partial charge on any atom is 0.270 e. The Morgan fingerprint density at radius 1 is 1.08 bits per heavy atom. The van der Waals surface area contributed by atoms with Gasteiger partial charge in [-0.25, -0.2) is 4.98 Å². The van der Waals surface area contributed by atoms with Gasteiger partial charge in [0.1, 0.15) is 11.5 Å². The predicted molar refractivity (Wildman–Crippen MR) is 96.9 cm³/mol. The summed E-state index contributed by atoms with van der Waals surface area (Å²) in [5.74, 6) is 1.70. The lowest BCUT2D eigenvalue weighted by molar-refractivity contribution is 0.0943. The Morgan fingerprint density at radius 3 is 2.54 bits per heavy atom. The minimum atomic E-state index is -0.265. The molecule has 0 aliphatic heterocycles. The molecule has 3 aromatic rings. The highest BCUT2D eigenvalue weighted by molar-refractivity contribution is 5.92. The molecule has 3 rings (SSSR count). The number of nitrogens with one attached hydrogen (secondary N) is 2. The maximum absolute atomic E-state index is 12.1. The van der Waals surface area contributed by atoms with Crippen LogP contribution >= 0.6 is 0 Å². The van der Waals surface area contributed by atoms with Crippen molar-refractivity contribution in [2.45, 2.75) is 6.54 Å². The van der Waals surface area contributed by atoms with Crippen LogP contribution in [0.1, 0.15) is 16.2 Å². The van der Waals surface area contributed by atoms with Gasteiger partial charge >= 0.3 is 0 Å². The molecule has 2 aromatic heterocycles. The lowest BCUT2D eigenvalue weighted by atomic mass is 10.2. The molecule has 0 aliphatic rings. The fourth-order valence-corrected chi connectivity index (χ4v) is 2.35. The van der Waals surface area contributed by atoms with E-state index in [9.17, 15) is 4.79 Å². The number of methoxy groups -OCH3 is 2. The van der Waals surface area contributed by atoms with E-state index in [-0.39, 0.29) is 5.91 Å². The highest BCUT2D eigenvalue weighted by Crippen LogP contribution is 2.30. The molecule has 7 heteroatoms. The van der Waals surface area contributed by atoms with E-state index in [0.717, 1.165) is 11.4 Å². The molecule has 0 unspecified atom stereocenters. The van der Waals surface area contributed by atoms with Crippen molar-refractivity contribution in [2.75, 3.05) is 19.5 Å². The second-order valence-electron chi connectivity index (χ2n) is 5.39. The van der Waals surface area contributed by atoms with Crippen molar-refractivity contribution in [2.24, 2.45) is 0 Å². The van der Waals surface area contributed by atoms with Crippen LogP contribution in [0.4, 0.5) is 11.4 Å². The molecule has 1 aromatic carbocycles. The van der Waals surface area contributed by atoms with Gasteiger partial charge in [0.05, 0.1) is 38.9 Å². The smallest absolute Gasteiger partial charge is 0.270 e. The summed E-state index contributed by atoms with van der Waals surface area (Å²) in [4.78, 5) is 16.3. The number of aromatic nitrogens is 1. The maximum atomic E-state index is 12.1. The average Bonchev–Trinajstić information content (AvgIpc) is 3.20. The predicted octanol–water partition coefficient (Wildman–Crippen LogP) is 3.37. The average molecular weight is 353 g/mol. The lowest BCUT2D eigenvalue weighted by Gasteiger charge is -2.11. The standard InChI is InChI=1S/C19H19N3O4/c1-24-17-8-6-13(10-18(17)25-2)22-14-5-7-16(20-11-14)19(23)21-12-15-4-3-9-26-15/h3-11,22H,12H2,1-2H3,(H,21,23). The van der Waals surface area contributed by atoms with Gasteiger partial charge in [0.2, 0.25) is 0 Å². The Balaban J connectivity index is 1.63. The molecule has 0 fully saturated rings. The van der Waals surface area contributed by atoms with Crippen LogP contribution in [-0.4, -0.2) is 25.1 Å². The van der Waals surface area contributed by atoms with E-state index in [1.807, 2.05) is 18.2 Å². The van der Waals surface area contributed by atoms with E-state index in [0.29, 0.717) is 29.5 Å². The first-order valence-corrected chi connectivity index (χ1v) is 7.95. The van der Waals surface area contributed by atoms with Crippen molar-refractivity contribution in [3.8, 4) is 11.5 Å². The molecule has 7 nitrogen and oxygen atoms in total. The van der Waals surface area contributed by atoms with Gasteiger partial charge in [0, 0.05) is 11.8 Å². The number of amides is 1. The molecule has 134 valence electrons. The van der Waals surface area contributed by atoms with Crippen molar-refractivity contribution in [1.29, 1.82) is 0 Å². The second-order valence-corrected chi connectivity index (χ2v) is 5.39. The first-order chi connectivity index (χ1) is 12.7. The van der Waals surface area contributed by atoms with Gasteiger partial charge < -0.3 is 24.5 Å². The highest BCUT2D eigenvalue weighted by Gasteiger charge is 2.09. The van der Waals surface area contributed by atoms with Gasteiger partial charge in [-0.05, 0) is 36.4 Å². The first-order valence-electron chi connectivity index (χ1n) is 7.95. The van der Waals surface area contributed by atoms with E-state index in [2.05, 4.69) is 15.6 Å². The van der Waals surface area contributed by atoms with Crippen LogP contribution in [0.3, 0.4) is 0 Å². The zero-order chi connectivity index (χ0) is 18.4. The van der Waals surface area contributed by atoms with Gasteiger partial charge in [-0.2, -0.15) is 0 Å². The number of furan rings is 1. The number of rotatable bonds is 7. The minimum absolute atomic E-state index is 0.265. The molecule has 0 atom stereocenters. The molecule has 0 radical (unpaired) electrons. The van der Waals surface area contributed by atoms with Crippen LogP contribution < -0.4 is 20.1 Å². The van der Waals surface area contributed by atoms with Crippen molar-refractivity contribution in [1.82, 2.24) is 10.3 Å². The van der Waals surface area contributed by atoms with Crippen LogP contribution in [0.2, 0.25) is 0 Å². The van der Waals surface area contributed by atoms with E-state index in [1.54, 1.807) is 50.9 Å². The SMILES string of the molecule is COc1ccc(Nc2ccc(C(=O)NCc3ccco3)nc2)cc1OC. The van der Waals surface area contributed by atoms with Crippen LogP contribution in [0.15, 0.2) is 59.3 Å². The minimum Gasteiger partial charge on any atom is -0.493 e. The van der Waals surface area contributed by atoms with Crippen LogP contribution in [0.5, 0.6) is 11.5 Å². The van der Waals surface area contributed by atoms with Gasteiger partial charge in [-0.3, -0.25) is 4.79 Å². The van der Waals surface area contributed by atoms with Crippen molar-refractivity contribution < 1.29 is 18.7 Å². The van der Waals surface area contributed by atoms with Crippen molar-refractivity contribution >= 4 is 17.3 Å². The number of benzene rings is 1. The van der Waals surface area contributed by atoms with E-state index >= 15 is 0 Å². The van der Waals surface area contributed by atoms with Crippen LogP contribution in [0.25, 0.3) is 0 Å². The third kappa shape index (κ3) is 4.13.